The van der Waals surface area contributed by atoms with E-state index in [9.17, 15) is 0 Å². The zero-order chi connectivity index (χ0) is 21.6. The molecule has 0 N–H and O–H groups in total. The minimum absolute atomic E-state index is 0.787. The van der Waals surface area contributed by atoms with Crippen molar-refractivity contribution >= 4 is 5.69 Å². The molecule has 3 aromatic carbocycles. The van der Waals surface area contributed by atoms with Crippen molar-refractivity contribution in [3.05, 3.63) is 96.8 Å². The fraction of sp³-hybridized carbons (Fsp3) is 0.222. The molecule has 5 heteroatoms. The minimum Gasteiger partial charge on any atom is -0.457 e. The lowest BCUT2D eigenvalue weighted by Crippen LogP contribution is -2.46. The van der Waals surface area contributed by atoms with Gasteiger partial charge >= 0.3 is 0 Å². The van der Waals surface area contributed by atoms with E-state index in [2.05, 4.69) is 45.3 Å². The Bertz CT molecular complexity index is 1120. The highest BCUT2D eigenvalue weighted by atomic mass is 16.5. The van der Waals surface area contributed by atoms with E-state index in [1.54, 1.807) is 0 Å². The van der Waals surface area contributed by atoms with Gasteiger partial charge in [0.2, 0.25) is 0 Å². The second-order valence-corrected chi connectivity index (χ2v) is 8.04. The average molecular weight is 426 g/mol. The summed E-state index contributed by atoms with van der Waals surface area (Å²) in [7, 11) is 0. The molecule has 1 saturated heterocycles. The summed E-state index contributed by atoms with van der Waals surface area (Å²) in [6, 6.07) is 30.4. The summed E-state index contributed by atoms with van der Waals surface area (Å²) in [4.78, 5) is 4.95. The normalized spacial score (nSPS) is 14.4. The van der Waals surface area contributed by atoms with Crippen LogP contribution in [0.25, 0.3) is 11.3 Å². The summed E-state index contributed by atoms with van der Waals surface area (Å²) < 4.78 is 11.6. The molecule has 0 amide bonds. The molecule has 0 spiro atoms. The molecule has 1 aromatic heterocycles. The second kappa shape index (κ2) is 9.71. The molecule has 1 aliphatic heterocycles. The molecule has 1 aliphatic rings. The Labute approximate surface area is 188 Å². The number of benzene rings is 3. The molecule has 0 unspecified atom stereocenters. The van der Waals surface area contributed by atoms with Crippen LogP contribution in [-0.2, 0) is 6.42 Å². The van der Waals surface area contributed by atoms with E-state index in [4.69, 9.17) is 9.26 Å². The summed E-state index contributed by atoms with van der Waals surface area (Å²) in [5.74, 6) is 2.52. The minimum atomic E-state index is 0.787. The first kappa shape index (κ1) is 20.3. The standard InChI is InChI=1S/C27H27N3O2/c1-3-9-23(10-4-1)30-18-16-29(17-19-30)15-14-26-21-27(28-32-26)22-8-7-13-25(20-22)31-24-11-5-2-6-12-24/h1-13,20-21H,14-19H2. The first-order valence-corrected chi connectivity index (χ1v) is 11.1. The SMILES string of the molecule is c1ccc(Oc2cccc(-c3cc(CCN4CCN(c5ccccc5)CC4)on3)c2)cc1. The van der Waals surface area contributed by atoms with Gasteiger partial charge in [0.25, 0.3) is 0 Å². The molecule has 32 heavy (non-hydrogen) atoms. The molecule has 0 aliphatic carbocycles. The van der Waals surface area contributed by atoms with Crippen LogP contribution in [0.3, 0.4) is 0 Å². The number of hydrogen-bond acceptors (Lipinski definition) is 5. The molecule has 162 valence electrons. The van der Waals surface area contributed by atoms with Crippen molar-refractivity contribution in [1.29, 1.82) is 0 Å². The van der Waals surface area contributed by atoms with Gasteiger partial charge in [0.15, 0.2) is 0 Å². The lowest BCUT2D eigenvalue weighted by atomic mass is 10.1. The van der Waals surface area contributed by atoms with Crippen LogP contribution in [0, 0.1) is 0 Å². The van der Waals surface area contributed by atoms with Crippen LogP contribution in [0.5, 0.6) is 11.5 Å². The third kappa shape index (κ3) is 5.01. The maximum atomic E-state index is 5.95. The molecule has 4 aromatic rings. The van der Waals surface area contributed by atoms with Gasteiger partial charge in [-0.15, -0.1) is 0 Å². The third-order valence-corrected chi connectivity index (χ3v) is 5.84. The maximum Gasteiger partial charge on any atom is 0.138 e. The van der Waals surface area contributed by atoms with Gasteiger partial charge in [-0.1, -0.05) is 53.7 Å². The summed E-state index contributed by atoms with van der Waals surface area (Å²) in [6.07, 6.45) is 0.860. The molecule has 5 nitrogen and oxygen atoms in total. The number of para-hydroxylation sites is 2. The van der Waals surface area contributed by atoms with Gasteiger partial charge in [-0.25, -0.2) is 0 Å². The number of hydrogen-bond donors (Lipinski definition) is 0. The van der Waals surface area contributed by atoms with Crippen LogP contribution in [0.4, 0.5) is 5.69 Å². The summed E-state index contributed by atoms with van der Waals surface area (Å²) in [5, 5.41) is 4.29. The van der Waals surface area contributed by atoms with Crippen molar-refractivity contribution in [2.45, 2.75) is 6.42 Å². The van der Waals surface area contributed by atoms with Crippen LogP contribution in [-0.4, -0.2) is 42.8 Å². The summed E-state index contributed by atoms with van der Waals surface area (Å²) in [6.45, 7) is 5.22. The van der Waals surface area contributed by atoms with Gasteiger partial charge in [0.05, 0.1) is 0 Å². The Morgan fingerprint density at radius 3 is 2.25 bits per heavy atom. The predicted octanol–water partition coefficient (Wildman–Crippen LogP) is 5.50. The van der Waals surface area contributed by atoms with Gasteiger partial charge < -0.3 is 14.2 Å². The number of nitrogens with zero attached hydrogens (tertiary/aromatic N) is 3. The van der Waals surface area contributed by atoms with Crippen molar-refractivity contribution in [2.24, 2.45) is 0 Å². The second-order valence-electron chi connectivity index (χ2n) is 8.04. The number of anilines is 1. The topological polar surface area (TPSA) is 41.7 Å². The molecule has 2 heterocycles. The first-order valence-electron chi connectivity index (χ1n) is 11.1. The Morgan fingerprint density at radius 1 is 0.750 bits per heavy atom. The van der Waals surface area contributed by atoms with E-state index in [1.807, 2.05) is 60.7 Å². The van der Waals surface area contributed by atoms with Crippen molar-refractivity contribution in [2.75, 3.05) is 37.6 Å². The first-order chi connectivity index (χ1) is 15.8. The number of piperazine rings is 1. The lowest BCUT2D eigenvalue weighted by molar-refractivity contribution is 0.251. The number of aromatic nitrogens is 1. The van der Waals surface area contributed by atoms with Gasteiger partial charge in [-0.3, -0.25) is 4.90 Å². The van der Waals surface area contributed by atoms with Gasteiger partial charge in [-0.05, 0) is 36.4 Å². The van der Waals surface area contributed by atoms with Crippen LogP contribution in [0.2, 0.25) is 0 Å². The molecule has 1 fully saturated rings. The van der Waals surface area contributed by atoms with Crippen LogP contribution < -0.4 is 9.64 Å². The van der Waals surface area contributed by atoms with E-state index < -0.39 is 0 Å². The van der Waals surface area contributed by atoms with Crippen LogP contribution in [0.15, 0.2) is 95.5 Å². The summed E-state index contributed by atoms with van der Waals surface area (Å²) >= 11 is 0. The summed E-state index contributed by atoms with van der Waals surface area (Å²) in [5.41, 5.74) is 3.14. The van der Waals surface area contributed by atoms with E-state index in [0.717, 1.165) is 67.7 Å². The zero-order valence-electron chi connectivity index (χ0n) is 18.1. The smallest absolute Gasteiger partial charge is 0.138 e. The lowest BCUT2D eigenvalue weighted by Gasteiger charge is -2.36. The molecular weight excluding hydrogens is 398 g/mol. The molecular formula is C27H27N3O2. The van der Waals surface area contributed by atoms with Gasteiger partial charge in [-0.2, -0.15) is 0 Å². The highest BCUT2D eigenvalue weighted by Gasteiger charge is 2.17. The molecule has 0 radical (unpaired) electrons. The molecule has 0 atom stereocenters. The maximum absolute atomic E-state index is 5.95. The van der Waals surface area contributed by atoms with E-state index in [-0.39, 0.29) is 0 Å². The fourth-order valence-corrected chi connectivity index (χ4v) is 4.05. The van der Waals surface area contributed by atoms with Crippen molar-refractivity contribution in [3.8, 4) is 22.8 Å². The quantitative estimate of drug-likeness (QED) is 0.391. The van der Waals surface area contributed by atoms with Crippen molar-refractivity contribution in [3.63, 3.8) is 0 Å². The molecule has 0 bridgehead atoms. The highest BCUT2D eigenvalue weighted by Crippen LogP contribution is 2.27. The Kier molecular flexibility index (Phi) is 6.17. The highest BCUT2D eigenvalue weighted by molar-refractivity contribution is 5.61. The number of rotatable bonds is 7. The molecule has 0 saturated carbocycles. The molecule has 5 rings (SSSR count). The monoisotopic (exact) mass is 425 g/mol. The van der Waals surface area contributed by atoms with Gasteiger partial charge in [0, 0.05) is 56.5 Å². The Balaban J connectivity index is 1.15. The van der Waals surface area contributed by atoms with Crippen molar-refractivity contribution in [1.82, 2.24) is 10.1 Å². The van der Waals surface area contributed by atoms with E-state index in [1.165, 1.54) is 5.69 Å². The van der Waals surface area contributed by atoms with Crippen LogP contribution in [0.1, 0.15) is 5.76 Å². The van der Waals surface area contributed by atoms with E-state index >= 15 is 0 Å². The third-order valence-electron chi connectivity index (χ3n) is 5.84. The average Bonchev–Trinajstić information content (AvgIpc) is 3.34. The fourth-order valence-electron chi connectivity index (χ4n) is 4.05. The van der Waals surface area contributed by atoms with Crippen molar-refractivity contribution < 1.29 is 9.26 Å². The zero-order valence-corrected chi connectivity index (χ0v) is 18.1. The Morgan fingerprint density at radius 2 is 1.47 bits per heavy atom. The van der Waals surface area contributed by atoms with Gasteiger partial charge in [0.1, 0.15) is 23.0 Å². The van der Waals surface area contributed by atoms with E-state index in [0.29, 0.717) is 0 Å². The van der Waals surface area contributed by atoms with Crippen LogP contribution >= 0.6 is 0 Å². The number of ether oxygens (including phenoxy) is 1. The predicted molar refractivity (Wildman–Crippen MR) is 127 cm³/mol. The Hall–Kier alpha value is -3.57. The largest absolute Gasteiger partial charge is 0.457 e.